The van der Waals surface area contributed by atoms with Gasteiger partial charge in [-0.15, -0.1) is 0 Å². The van der Waals surface area contributed by atoms with E-state index in [1.54, 1.807) is 12.5 Å². The Balaban J connectivity index is 2.03. The molecule has 0 aliphatic carbocycles. The summed E-state index contributed by atoms with van der Waals surface area (Å²) in [6.45, 7) is 6.11. The predicted molar refractivity (Wildman–Crippen MR) is 75.0 cm³/mol. The quantitative estimate of drug-likeness (QED) is 0.832. The van der Waals surface area contributed by atoms with Crippen LogP contribution in [0.15, 0.2) is 23.1 Å². The van der Waals surface area contributed by atoms with Gasteiger partial charge in [0.05, 0.1) is 18.8 Å². The van der Waals surface area contributed by atoms with Crippen molar-refractivity contribution < 1.29 is 9.52 Å². The maximum Gasteiger partial charge on any atom is 0.196 e. The minimum absolute atomic E-state index is 0.110. The summed E-state index contributed by atoms with van der Waals surface area (Å²) in [7, 11) is 1.96. The van der Waals surface area contributed by atoms with E-state index in [4.69, 9.17) is 4.42 Å². The second-order valence-corrected chi connectivity index (χ2v) is 5.22. The zero-order valence-corrected chi connectivity index (χ0v) is 12.3. The molecule has 20 heavy (non-hydrogen) atoms. The Hall–Kier alpha value is -1.66. The molecule has 110 valence electrons. The van der Waals surface area contributed by atoms with Crippen LogP contribution in [0, 0.1) is 0 Å². The Labute approximate surface area is 119 Å². The highest BCUT2D eigenvalue weighted by Crippen LogP contribution is 2.15. The molecule has 0 aliphatic rings. The second-order valence-electron chi connectivity index (χ2n) is 5.22. The molecular weight excluding hydrogens is 256 g/mol. The lowest BCUT2D eigenvalue weighted by Gasteiger charge is -2.19. The molecule has 2 aromatic rings. The normalized spacial score (nSPS) is 11.7. The first-order chi connectivity index (χ1) is 9.60. The van der Waals surface area contributed by atoms with Gasteiger partial charge in [-0.05, 0) is 0 Å². The number of aryl methyl sites for hydroxylation is 1. The smallest absolute Gasteiger partial charge is 0.196 e. The average molecular weight is 278 g/mol. The van der Waals surface area contributed by atoms with E-state index in [0.717, 1.165) is 17.4 Å². The van der Waals surface area contributed by atoms with Crippen molar-refractivity contribution in [1.29, 1.82) is 0 Å². The minimum Gasteiger partial charge on any atom is -0.448 e. The van der Waals surface area contributed by atoms with Gasteiger partial charge in [-0.1, -0.05) is 13.8 Å². The summed E-state index contributed by atoms with van der Waals surface area (Å²) < 4.78 is 7.42. The summed E-state index contributed by atoms with van der Waals surface area (Å²) in [4.78, 5) is 10.9. The molecule has 0 spiro atoms. The topological polar surface area (TPSA) is 67.3 Å². The molecular formula is C14H22N4O2. The van der Waals surface area contributed by atoms with Gasteiger partial charge < -0.3 is 14.1 Å². The van der Waals surface area contributed by atoms with E-state index < -0.39 is 0 Å². The molecule has 0 saturated heterocycles. The van der Waals surface area contributed by atoms with Crippen LogP contribution in [0.3, 0.4) is 0 Å². The third-order valence-corrected chi connectivity index (χ3v) is 3.15. The van der Waals surface area contributed by atoms with Crippen LogP contribution in [0.4, 0.5) is 0 Å². The van der Waals surface area contributed by atoms with Gasteiger partial charge in [0.2, 0.25) is 0 Å². The molecule has 1 N–H and O–H groups in total. The lowest BCUT2D eigenvalue weighted by atomic mass is 10.2. The summed E-state index contributed by atoms with van der Waals surface area (Å²) in [6, 6.07) is 0. The molecule has 0 bridgehead atoms. The van der Waals surface area contributed by atoms with E-state index in [1.807, 2.05) is 17.8 Å². The molecule has 0 radical (unpaired) electrons. The molecule has 0 atom stereocenters. The summed E-state index contributed by atoms with van der Waals surface area (Å²) in [5.41, 5.74) is 0.886. The van der Waals surface area contributed by atoms with Gasteiger partial charge >= 0.3 is 0 Å². The first kappa shape index (κ1) is 14.7. The van der Waals surface area contributed by atoms with Crippen molar-refractivity contribution in [3.8, 4) is 0 Å². The fourth-order valence-electron chi connectivity index (χ4n) is 1.99. The van der Waals surface area contributed by atoms with Crippen LogP contribution in [0.25, 0.3) is 0 Å². The maximum atomic E-state index is 9.19. The van der Waals surface area contributed by atoms with E-state index >= 15 is 0 Å². The number of hydrogen-bond acceptors (Lipinski definition) is 5. The SMILES string of the molecule is CC(C)c1nc(CN(CCO)Cc2nccn2C)co1. The van der Waals surface area contributed by atoms with Crippen LogP contribution in [-0.4, -0.2) is 37.7 Å². The molecule has 6 nitrogen and oxygen atoms in total. The zero-order valence-electron chi connectivity index (χ0n) is 12.3. The van der Waals surface area contributed by atoms with Crippen molar-refractivity contribution in [3.63, 3.8) is 0 Å². The summed E-state index contributed by atoms with van der Waals surface area (Å²) in [6.07, 6.45) is 5.39. The van der Waals surface area contributed by atoms with Gasteiger partial charge in [0, 0.05) is 38.4 Å². The first-order valence-electron chi connectivity index (χ1n) is 6.84. The number of imidazole rings is 1. The number of rotatable bonds is 7. The molecule has 0 aliphatic heterocycles. The Morgan fingerprint density at radius 3 is 2.75 bits per heavy atom. The Morgan fingerprint density at radius 1 is 1.40 bits per heavy atom. The lowest BCUT2D eigenvalue weighted by molar-refractivity contribution is 0.178. The lowest BCUT2D eigenvalue weighted by Crippen LogP contribution is -2.27. The fourth-order valence-corrected chi connectivity index (χ4v) is 1.99. The van der Waals surface area contributed by atoms with Crippen molar-refractivity contribution in [2.24, 2.45) is 7.05 Å². The van der Waals surface area contributed by atoms with Crippen molar-refractivity contribution in [2.75, 3.05) is 13.2 Å². The Morgan fingerprint density at radius 2 is 2.20 bits per heavy atom. The number of nitrogens with zero attached hydrogens (tertiary/aromatic N) is 4. The summed E-state index contributed by atoms with van der Waals surface area (Å²) in [5, 5.41) is 9.19. The molecule has 0 aromatic carbocycles. The summed E-state index contributed by atoms with van der Waals surface area (Å²) >= 11 is 0. The van der Waals surface area contributed by atoms with Crippen LogP contribution in [0.2, 0.25) is 0 Å². The monoisotopic (exact) mass is 278 g/mol. The minimum atomic E-state index is 0.110. The number of aliphatic hydroxyl groups is 1. The zero-order chi connectivity index (χ0) is 14.5. The summed E-state index contributed by atoms with van der Waals surface area (Å²) in [5.74, 6) is 2.00. The molecule has 2 rings (SSSR count). The number of aliphatic hydroxyl groups excluding tert-OH is 1. The van der Waals surface area contributed by atoms with E-state index in [9.17, 15) is 5.11 Å². The van der Waals surface area contributed by atoms with Crippen LogP contribution < -0.4 is 0 Å². The van der Waals surface area contributed by atoms with Gasteiger partial charge in [-0.25, -0.2) is 9.97 Å². The maximum absolute atomic E-state index is 9.19. The average Bonchev–Trinajstić information content (AvgIpc) is 3.00. The Bertz CT molecular complexity index is 533. The fraction of sp³-hybridized carbons (Fsp3) is 0.571. The van der Waals surface area contributed by atoms with E-state index in [-0.39, 0.29) is 12.5 Å². The van der Waals surface area contributed by atoms with E-state index in [0.29, 0.717) is 19.6 Å². The standard InChI is InChI=1S/C14H22N4O2/c1-11(2)14-16-12(10-20-14)8-18(6-7-19)9-13-15-4-5-17(13)3/h4-5,10-11,19H,6-9H2,1-3H3. The molecule has 0 fully saturated rings. The van der Waals surface area contributed by atoms with Gasteiger partial charge in [0.1, 0.15) is 12.1 Å². The van der Waals surface area contributed by atoms with Crippen molar-refractivity contribution >= 4 is 0 Å². The highest BCUT2D eigenvalue weighted by molar-refractivity contribution is 5.00. The third-order valence-electron chi connectivity index (χ3n) is 3.15. The van der Waals surface area contributed by atoms with Crippen molar-refractivity contribution in [2.45, 2.75) is 32.9 Å². The van der Waals surface area contributed by atoms with Crippen LogP contribution in [0.5, 0.6) is 0 Å². The highest BCUT2D eigenvalue weighted by atomic mass is 16.3. The van der Waals surface area contributed by atoms with Crippen molar-refractivity contribution in [1.82, 2.24) is 19.4 Å². The van der Waals surface area contributed by atoms with Crippen LogP contribution >= 0.6 is 0 Å². The van der Waals surface area contributed by atoms with Gasteiger partial charge in [0.15, 0.2) is 5.89 Å². The number of aromatic nitrogens is 3. The van der Waals surface area contributed by atoms with Crippen LogP contribution in [0.1, 0.15) is 37.2 Å². The van der Waals surface area contributed by atoms with Gasteiger partial charge in [-0.3, -0.25) is 4.90 Å². The van der Waals surface area contributed by atoms with E-state index in [2.05, 4.69) is 28.7 Å². The highest BCUT2D eigenvalue weighted by Gasteiger charge is 2.13. The Kier molecular flexibility index (Phi) is 4.92. The van der Waals surface area contributed by atoms with Gasteiger partial charge in [-0.2, -0.15) is 0 Å². The molecule has 6 heteroatoms. The van der Waals surface area contributed by atoms with E-state index in [1.165, 1.54) is 0 Å². The second kappa shape index (κ2) is 6.67. The number of oxazole rings is 1. The molecule has 2 aromatic heterocycles. The molecule has 0 amide bonds. The molecule has 2 heterocycles. The van der Waals surface area contributed by atoms with Crippen LogP contribution in [-0.2, 0) is 20.1 Å². The van der Waals surface area contributed by atoms with Gasteiger partial charge in [0.25, 0.3) is 0 Å². The molecule has 0 unspecified atom stereocenters. The number of hydrogen-bond donors (Lipinski definition) is 1. The largest absolute Gasteiger partial charge is 0.448 e. The predicted octanol–water partition coefficient (Wildman–Crippen LogP) is 1.53. The third kappa shape index (κ3) is 3.68. The van der Waals surface area contributed by atoms with Crippen molar-refractivity contribution in [3.05, 3.63) is 36.1 Å². The molecule has 0 saturated carbocycles. The first-order valence-corrected chi connectivity index (χ1v) is 6.84.